The molecule has 0 fully saturated rings. The van der Waals surface area contributed by atoms with Crippen LogP contribution in [0.1, 0.15) is 18.2 Å². The molecule has 0 aliphatic heterocycles. The molecule has 4 rings (SSSR count). The number of carbonyl (C=O) groups excluding carboxylic acids is 2. The van der Waals surface area contributed by atoms with Crippen LogP contribution in [0, 0.1) is 0 Å². The fourth-order valence-electron chi connectivity index (χ4n) is 3.38. The van der Waals surface area contributed by atoms with Gasteiger partial charge in [0.25, 0.3) is 5.91 Å². The van der Waals surface area contributed by atoms with E-state index in [0.717, 1.165) is 16.9 Å². The van der Waals surface area contributed by atoms with Crippen molar-refractivity contribution in [2.75, 3.05) is 9.80 Å². The molecule has 0 bridgehead atoms. The number of benzene rings is 3. The standard InChI is InChI=1S/C27H23N3O2S/c1-21(31)30(25-15-9-4-10-16-25)27-28-23(20-33-27)17-18-26(32)29(24-13-7-3-8-14-24)19-22-11-5-2-6-12-22/h2-18,20H,19H2,1H3/b18-17+. The lowest BCUT2D eigenvalue weighted by Gasteiger charge is -2.21. The Morgan fingerprint density at radius 1 is 0.848 bits per heavy atom. The van der Waals surface area contributed by atoms with E-state index in [0.29, 0.717) is 17.4 Å². The summed E-state index contributed by atoms with van der Waals surface area (Å²) in [7, 11) is 0. The number of anilines is 3. The van der Waals surface area contributed by atoms with E-state index in [1.807, 2.05) is 96.4 Å². The van der Waals surface area contributed by atoms with Gasteiger partial charge in [0, 0.05) is 24.1 Å². The lowest BCUT2D eigenvalue weighted by atomic mass is 10.2. The van der Waals surface area contributed by atoms with Crippen LogP contribution in [0.15, 0.2) is 102 Å². The molecule has 164 valence electrons. The SMILES string of the molecule is CC(=O)N(c1ccccc1)c1nc(/C=C/C(=O)N(Cc2ccccc2)c2ccccc2)cs1. The number of hydrogen-bond donors (Lipinski definition) is 0. The molecule has 6 heteroatoms. The van der Waals surface area contributed by atoms with E-state index in [-0.39, 0.29) is 11.8 Å². The van der Waals surface area contributed by atoms with E-state index in [2.05, 4.69) is 4.98 Å². The molecule has 0 aliphatic rings. The molecule has 3 aromatic carbocycles. The molecule has 1 heterocycles. The Morgan fingerprint density at radius 3 is 2.03 bits per heavy atom. The molecule has 5 nitrogen and oxygen atoms in total. The average molecular weight is 454 g/mol. The number of nitrogens with zero attached hydrogens (tertiary/aromatic N) is 3. The topological polar surface area (TPSA) is 53.5 Å². The molecular formula is C27H23N3O2S. The number of rotatable bonds is 7. The molecule has 1 aromatic heterocycles. The minimum absolute atomic E-state index is 0.125. The highest BCUT2D eigenvalue weighted by Gasteiger charge is 2.18. The zero-order valence-electron chi connectivity index (χ0n) is 18.2. The van der Waals surface area contributed by atoms with Gasteiger partial charge in [-0.15, -0.1) is 11.3 Å². The fraction of sp³-hybridized carbons (Fsp3) is 0.0741. The summed E-state index contributed by atoms with van der Waals surface area (Å²) in [5.41, 5.74) is 3.24. The van der Waals surface area contributed by atoms with Crippen molar-refractivity contribution < 1.29 is 9.59 Å². The average Bonchev–Trinajstić information content (AvgIpc) is 3.31. The maximum absolute atomic E-state index is 13.1. The summed E-state index contributed by atoms with van der Waals surface area (Å²) < 4.78 is 0. The minimum atomic E-state index is -0.147. The molecule has 0 spiro atoms. The van der Waals surface area contributed by atoms with Crippen LogP contribution in [-0.4, -0.2) is 16.8 Å². The molecule has 0 radical (unpaired) electrons. The van der Waals surface area contributed by atoms with Gasteiger partial charge in [0.1, 0.15) is 0 Å². The number of thiazole rings is 1. The molecule has 0 atom stereocenters. The third-order valence-corrected chi connectivity index (χ3v) is 5.79. The van der Waals surface area contributed by atoms with E-state index in [9.17, 15) is 9.59 Å². The molecule has 0 N–H and O–H groups in total. The highest BCUT2D eigenvalue weighted by Crippen LogP contribution is 2.29. The summed E-state index contributed by atoms with van der Waals surface area (Å²) >= 11 is 1.36. The van der Waals surface area contributed by atoms with Crippen molar-refractivity contribution in [1.29, 1.82) is 0 Å². The summed E-state index contributed by atoms with van der Waals surface area (Å²) in [5, 5.41) is 2.40. The van der Waals surface area contributed by atoms with Crippen LogP contribution in [0.5, 0.6) is 0 Å². The zero-order chi connectivity index (χ0) is 23.0. The number of aromatic nitrogens is 1. The molecule has 0 unspecified atom stereocenters. The second-order valence-electron chi connectivity index (χ2n) is 7.32. The van der Waals surface area contributed by atoms with E-state index in [4.69, 9.17) is 0 Å². The van der Waals surface area contributed by atoms with E-state index >= 15 is 0 Å². The van der Waals surface area contributed by atoms with Gasteiger partial charge < -0.3 is 4.90 Å². The van der Waals surface area contributed by atoms with Gasteiger partial charge in [-0.05, 0) is 35.9 Å². The van der Waals surface area contributed by atoms with Crippen molar-refractivity contribution >= 4 is 45.7 Å². The first-order chi connectivity index (χ1) is 16.1. The summed E-state index contributed by atoms with van der Waals surface area (Å²) in [4.78, 5) is 33.3. The first-order valence-electron chi connectivity index (χ1n) is 10.5. The van der Waals surface area contributed by atoms with Crippen LogP contribution in [0.2, 0.25) is 0 Å². The van der Waals surface area contributed by atoms with Gasteiger partial charge in [-0.25, -0.2) is 4.98 Å². The van der Waals surface area contributed by atoms with Crippen LogP contribution >= 0.6 is 11.3 Å². The Labute approximate surface area is 197 Å². The smallest absolute Gasteiger partial charge is 0.251 e. The zero-order valence-corrected chi connectivity index (χ0v) is 19.0. The van der Waals surface area contributed by atoms with Crippen molar-refractivity contribution in [2.45, 2.75) is 13.5 Å². The lowest BCUT2D eigenvalue weighted by molar-refractivity contribution is -0.116. The Bertz CT molecular complexity index is 1240. The highest BCUT2D eigenvalue weighted by atomic mass is 32.1. The minimum Gasteiger partial charge on any atom is -0.304 e. The third-order valence-electron chi connectivity index (χ3n) is 4.94. The second kappa shape index (κ2) is 10.5. The Morgan fingerprint density at radius 2 is 1.42 bits per heavy atom. The van der Waals surface area contributed by atoms with Crippen molar-refractivity contribution in [3.05, 3.63) is 114 Å². The monoisotopic (exact) mass is 453 g/mol. The quantitative estimate of drug-likeness (QED) is 0.319. The molecule has 4 aromatic rings. The number of amides is 2. The largest absolute Gasteiger partial charge is 0.304 e. The van der Waals surface area contributed by atoms with Crippen molar-refractivity contribution in [2.24, 2.45) is 0 Å². The first kappa shape index (κ1) is 22.2. The predicted molar refractivity (Wildman–Crippen MR) is 134 cm³/mol. The maximum Gasteiger partial charge on any atom is 0.251 e. The van der Waals surface area contributed by atoms with Gasteiger partial charge in [-0.3, -0.25) is 14.5 Å². The summed E-state index contributed by atoms with van der Waals surface area (Å²) in [6.45, 7) is 1.97. The van der Waals surface area contributed by atoms with Gasteiger partial charge in [0.2, 0.25) is 5.91 Å². The summed E-state index contributed by atoms with van der Waals surface area (Å²) in [6.07, 6.45) is 3.21. The molecule has 0 saturated heterocycles. The van der Waals surface area contributed by atoms with Crippen LogP contribution in [0.3, 0.4) is 0 Å². The molecule has 0 saturated carbocycles. The van der Waals surface area contributed by atoms with Gasteiger partial charge >= 0.3 is 0 Å². The molecular weight excluding hydrogens is 430 g/mol. The van der Waals surface area contributed by atoms with Gasteiger partial charge in [0.05, 0.1) is 17.9 Å². The van der Waals surface area contributed by atoms with Crippen molar-refractivity contribution in [3.63, 3.8) is 0 Å². The van der Waals surface area contributed by atoms with Gasteiger partial charge in [-0.2, -0.15) is 0 Å². The second-order valence-corrected chi connectivity index (χ2v) is 8.16. The number of hydrogen-bond acceptors (Lipinski definition) is 4. The predicted octanol–water partition coefficient (Wildman–Crippen LogP) is 6.07. The highest BCUT2D eigenvalue weighted by molar-refractivity contribution is 7.14. The van der Waals surface area contributed by atoms with E-state index in [1.165, 1.54) is 24.3 Å². The van der Waals surface area contributed by atoms with Crippen molar-refractivity contribution in [1.82, 2.24) is 4.98 Å². The van der Waals surface area contributed by atoms with Gasteiger partial charge in [-0.1, -0.05) is 66.7 Å². The first-order valence-corrected chi connectivity index (χ1v) is 11.4. The van der Waals surface area contributed by atoms with Crippen LogP contribution in [0.25, 0.3) is 6.08 Å². The van der Waals surface area contributed by atoms with Crippen LogP contribution in [0.4, 0.5) is 16.5 Å². The Hall–Kier alpha value is -4.03. The summed E-state index contributed by atoms with van der Waals surface area (Å²) in [6, 6.07) is 28.8. The van der Waals surface area contributed by atoms with Crippen LogP contribution < -0.4 is 9.80 Å². The van der Waals surface area contributed by atoms with Crippen LogP contribution in [-0.2, 0) is 16.1 Å². The Balaban J connectivity index is 1.55. The molecule has 33 heavy (non-hydrogen) atoms. The molecule has 2 amide bonds. The van der Waals surface area contributed by atoms with E-state index < -0.39 is 0 Å². The van der Waals surface area contributed by atoms with E-state index in [1.54, 1.807) is 15.9 Å². The Kier molecular flexibility index (Phi) is 7.07. The lowest BCUT2D eigenvalue weighted by Crippen LogP contribution is -2.28. The molecule has 0 aliphatic carbocycles. The fourth-order valence-corrected chi connectivity index (χ4v) is 4.23. The summed E-state index contributed by atoms with van der Waals surface area (Å²) in [5.74, 6) is -0.272. The number of para-hydroxylation sites is 2. The number of carbonyl (C=O) groups is 2. The maximum atomic E-state index is 13.1. The third kappa shape index (κ3) is 5.61. The normalized spacial score (nSPS) is 10.8. The van der Waals surface area contributed by atoms with Crippen molar-refractivity contribution in [3.8, 4) is 0 Å². The van der Waals surface area contributed by atoms with Gasteiger partial charge in [0.15, 0.2) is 5.13 Å².